The molecule has 8 atom stereocenters. The molecule has 0 bridgehead atoms. The molecule has 1 saturated carbocycles. The average Bonchev–Trinajstić information content (AvgIpc) is 2.98. The summed E-state index contributed by atoms with van der Waals surface area (Å²) in [6.45, 7) is 3.50. The van der Waals surface area contributed by atoms with E-state index >= 15 is 0 Å². The van der Waals surface area contributed by atoms with Crippen LogP contribution in [0.15, 0.2) is 0 Å². The lowest BCUT2D eigenvalue weighted by atomic mass is 9.85. The Bertz CT molecular complexity index is 792. The van der Waals surface area contributed by atoms with Gasteiger partial charge in [-0.3, -0.25) is 13.8 Å². The molecule has 9 N–H and O–H groups in total. The van der Waals surface area contributed by atoms with Crippen LogP contribution in [0.2, 0.25) is 0 Å². The zero-order valence-electron chi connectivity index (χ0n) is 26.6. The van der Waals surface area contributed by atoms with Crippen LogP contribution in [0.3, 0.4) is 0 Å². The van der Waals surface area contributed by atoms with Gasteiger partial charge >= 0.3 is 7.82 Å². The Kier molecular flexibility index (Phi) is 21.4. The van der Waals surface area contributed by atoms with Crippen LogP contribution in [0, 0.1) is 0 Å². The number of unbranched alkanes of at least 4 members (excludes halogenated alkanes) is 12. The van der Waals surface area contributed by atoms with Gasteiger partial charge in [0, 0.05) is 0 Å². The number of carbonyl (C=O) groups is 1. The number of aliphatic hydroxyl groups excluding tert-OH is 7. The zero-order valence-corrected chi connectivity index (χ0v) is 27.5. The number of rotatable bonds is 25. The first-order valence-electron chi connectivity index (χ1n) is 16.6. The molecule has 1 amide bonds. The molecule has 1 rings (SSSR count). The fourth-order valence-electron chi connectivity index (χ4n) is 5.36. The number of hydrogen-bond donors (Lipinski definition) is 9. The predicted molar refractivity (Wildman–Crippen MR) is 164 cm³/mol. The van der Waals surface area contributed by atoms with E-state index in [1.165, 1.54) is 44.9 Å². The maximum absolute atomic E-state index is 12.7. The zero-order chi connectivity index (χ0) is 33.1. The van der Waals surface area contributed by atoms with Gasteiger partial charge in [-0.25, -0.2) is 4.57 Å². The van der Waals surface area contributed by atoms with Gasteiger partial charge in [0.2, 0.25) is 5.91 Å². The van der Waals surface area contributed by atoms with Crippen molar-refractivity contribution >= 4 is 13.7 Å². The smallest absolute Gasteiger partial charge is 0.393 e. The van der Waals surface area contributed by atoms with Crippen LogP contribution in [0.25, 0.3) is 0 Å². The Labute approximate surface area is 262 Å². The second-order valence-electron chi connectivity index (χ2n) is 12.2. The Hall–Kier alpha value is -0.700. The average molecular weight is 658 g/mol. The van der Waals surface area contributed by atoms with Crippen molar-refractivity contribution in [2.45, 2.75) is 178 Å². The molecular formula is C30H60NO12P. The van der Waals surface area contributed by atoms with E-state index in [1.807, 2.05) is 6.92 Å². The molecule has 0 radical (unpaired) electrons. The van der Waals surface area contributed by atoms with Crippen molar-refractivity contribution in [3.05, 3.63) is 0 Å². The van der Waals surface area contributed by atoms with Gasteiger partial charge in [0.1, 0.15) is 36.6 Å². The second kappa shape index (κ2) is 22.8. The molecular weight excluding hydrogens is 597 g/mol. The Morgan fingerprint density at radius 1 is 0.705 bits per heavy atom. The fourth-order valence-corrected chi connectivity index (χ4v) is 6.33. The highest BCUT2D eigenvalue weighted by Crippen LogP contribution is 2.47. The molecule has 0 saturated heterocycles. The van der Waals surface area contributed by atoms with E-state index in [1.54, 1.807) is 0 Å². The van der Waals surface area contributed by atoms with Crippen LogP contribution in [0.1, 0.15) is 123 Å². The molecule has 0 spiro atoms. The third-order valence-corrected chi connectivity index (χ3v) is 9.21. The minimum absolute atomic E-state index is 0.220. The highest BCUT2D eigenvalue weighted by molar-refractivity contribution is 7.47. The maximum Gasteiger partial charge on any atom is 0.472 e. The summed E-state index contributed by atoms with van der Waals surface area (Å²) in [6.07, 6.45) is 1.75. The normalized spacial score (nSPS) is 27.4. The van der Waals surface area contributed by atoms with Crippen molar-refractivity contribution < 1.29 is 59.0 Å². The number of hydrogen-bond acceptors (Lipinski definition) is 11. The highest BCUT2D eigenvalue weighted by atomic mass is 31.2. The minimum atomic E-state index is -5.08. The van der Waals surface area contributed by atoms with Gasteiger partial charge in [0.05, 0.1) is 31.3 Å². The van der Waals surface area contributed by atoms with E-state index in [0.717, 1.165) is 38.5 Å². The molecule has 1 aliphatic rings. The molecule has 1 fully saturated rings. The van der Waals surface area contributed by atoms with Crippen molar-refractivity contribution in [1.82, 2.24) is 5.32 Å². The number of carbonyl (C=O) groups excluding carboxylic acids is 1. The van der Waals surface area contributed by atoms with Crippen LogP contribution in [-0.4, -0.2) is 108 Å². The number of amides is 1. The lowest BCUT2D eigenvalue weighted by Crippen LogP contribution is -2.64. The minimum Gasteiger partial charge on any atom is -0.393 e. The molecule has 13 nitrogen and oxygen atoms in total. The topological polar surface area (TPSA) is 226 Å². The fraction of sp³-hybridized carbons (Fsp3) is 0.967. The largest absolute Gasteiger partial charge is 0.472 e. The van der Waals surface area contributed by atoms with Gasteiger partial charge in [-0.05, 0) is 12.8 Å². The Morgan fingerprint density at radius 2 is 1.14 bits per heavy atom. The molecule has 0 aliphatic heterocycles. The first-order chi connectivity index (χ1) is 20.8. The number of nitrogens with one attached hydrogen (secondary N) is 1. The molecule has 262 valence electrons. The van der Waals surface area contributed by atoms with E-state index in [9.17, 15) is 50.0 Å². The first-order valence-corrected chi connectivity index (χ1v) is 18.1. The molecule has 0 aromatic heterocycles. The van der Waals surface area contributed by atoms with Gasteiger partial charge in [-0.15, -0.1) is 0 Å². The van der Waals surface area contributed by atoms with Crippen LogP contribution >= 0.6 is 7.82 Å². The summed E-state index contributed by atoms with van der Waals surface area (Å²) < 4.78 is 22.4. The summed E-state index contributed by atoms with van der Waals surface area (Å²) in [5, 5.41) is 73.2. The summed E-state index contributed by atoms with van der Waals surface area (Å²) in [4.78, 5) is 22.9. The SMILES string of the molecule is CCCCCCCCCCCCCC(O)CC(=O)NC(COP(=O)(O)OC1C(O)C(O)C(O)C(O)C1O)C(O)CCCCC. The van der Waals surface area contributed by atoms with Crippen molar-refractivity contribution in [2.75, 3.05) is 6.61 Å². The quantitative estimate of drug-likeness (QED) is 0.0509. The molecule has 0 heterocycles. The van der Waals surface area contributed by atoms with Crippen molar-refractivity contribution in [3.8, 4) is 0 Å². The van der Waals surface area contributed by atoms with Crippen LogP contribution in [-0.2, 0) is 18.4 Å². The van der Waals surface area contributed by atoms with Crippen molar-refractivity contribution in [1.29, 1.82) is 0 Å². The number of phosphoric ester groups is 1. The maximum atomic E-state index is 12.7. The number of phosphoric acid groups is 1. The third-order valence-electron chi connectivity index (χ3n) is 8.22. The molecule has 8 unspecified atom stereocenters. The van der Waals surface area contributed by atoms with Crippen LogP contribution in [0.5, 0.6) is 0 Å². The van der Waals surface area contributed by atoms with E-state index < -0.39 is 75.2 Å². The van der Waals surface area contributed by atoms with Crippen LogP contribution < -0.4 is 5.32 Å². The summed E-state index contributed by atoms with van der Waals surface area (Å²) in [5.41, 5.74) is 0. The third kappa shape index (κ3) is 16.2. The predicted octanol–water partition coefficient (Wildman–Crippen LogP) is 2.18. The molecule has 1 aliphatic carbocycles. The van der Waals surface area contributed by atoms with E-state index in [4.69, 9.17) is 9.05 Å². The Balaban J connectivity index is 2.55. The van der Waals surface area contributed by atoms with Gasteiger partial charge in [-0.2, -0.15) is 0 Å². The monoisotopic (exact) mass is 657 g/mol. The highest BCUT2D eigenvalue weighted by Gasteiger charge is 2.51. The molecule has 44 heavy (non-hydrogen) atoms. The van der Waals surface area contributed by atoms with Crippen molar-refractivity contribution in [3.63, 3.8) is 0 Å². The van der Waals surface area contributed by atoms with Crippen molar-refractivity contribution in [2.24, 2.45) is 0 Å². The van der Waals surface area contributed by atoms with Gasteiger partial charge in [0.25, 0.3) is 0 Å². The van der Waals surface area contributed by atoms with Gasteiger partial charge in [0.15, 0.2) is 0 Å². The summed E-state index contributed by atoms with van der Waals surface area (Å²) in [5.74, 6) is -0.573. The molecule has 0 aromatic rings. The summed E-state index contributed by atoms with van der Waals surface area (Å²) >= 11 is 0. The Morgan fingerprint density at radius 3 is 1.66 bits per heavy atom. The lowest BCUT2D eigenvalue weighted by Gasteiger charge is -2.41. The summed E-state index contributed by atoms with van der Waals surface area (Å²) in [6, 6.07) is -1.14. The second-order valence-corrected chi connectivity index (χ2v) is 13.6. The summed E-state index contributed by atoms with van der Waals surface area (Å²) in [7, 11) is -5.08. The van der Waals surface area contributed by atoms with E-state index in [0.29, 0.717) is 12.8 Å². The van der Waals surface area contributed by atoms with E-state index in [2.05, 4.69) is 12.2 Å². The number of aliphatic hydroxyl groups is 7. The standard InChI is InChI=1S/C30H60NO12P/c1-3-5-7-8-9-10-11-12-13-14-16-17-21(32)19-24(34)31-22(23(33)18-15-6-4-2)20-42-44(40,41)43-30-28(38)26(36)25(35)27(37)29(30)39/h21-23,25-30,32-33,35-39H,3-20H2,1-2H3,(H,31,34)(H,40,41). The first kappa shape index (κ1) is 41.3. The van der Waals surface area contributed by atoms with Crippen LogP contribution in [0.4, 0.5) is 0 Å². The molecule has 14 heteroatoms. The molecule has 0 aromatic carbocycles. The van der Waals surface area contributed by atoms with Gasteiger partial charge in [-0.1, -0.05) is 104 Å². The lowest BCUT2D eigenvalue weighted by molar-refractivity contribution is -0.220. The van der Waals surface area contributed by atoms with E-state index in [-0.39, 0.29) is 12.8 Å². The van der Waals surface area contributed by atoms with Gasteiger partial charge < -0.3 is 46.0 Å².